The number of hydrogen-bond acceptors (Lipinski definition) is 4. The summed E-state index contributed by atoms with van der Waals surface area (Å²) in [5, 5.41) is 6.98. The van der Waals surface area contributed by atoms with Crippen molar-refractivity contribution in [3.8, 4) is 5.75 Å². The lowest BCUT2D eigenvalue weighted by Gasteiger charge is -2.21. The Labute approximate surface area is 122 Å². The van der Waals surface area contributed by atoms with Gasteiger partial charge in [0.2, 0.25) is 0 Å². The van der Waals surface area contributed by atoms with Crippen LogP contribution in [-0.2, 0) is 6.42 Å². The minimum absolute atomic E-state index is 0.500. The molecule has 1 aromatic rings. The molecule has 112 valence electrons. The van der Waals surface area contributed by atoms with Gasteiger partial charge in [0, 0.05) is 12.6 Å². The molecule has 0 saturated carbocycles. The summed E-state index contributed by atoms with van der Waals surface area (Å²) in [7, 11) is 4.23. The van der Waals surface area contributed by atoms with Gasteiger partial charge in [0.05, 0.1) is 5.69 Å². The number of anilines is 1. The highest BCUT2D eigenvalue weighted by Gasteiger charge is 2.11. The maximum Gasteiger partial charge on any atom is 0.142 e. The van der Waals surface area contributed by atoms with Crippen molar-refractivity contribution in [3.63, 3.8) is 0 Å². The number of benzene rings is 1. The Bertz CT molecular complexity index is 420. The Morgan fingerprint density at radius 3 is 3.05 bits per heavy atom. The predicted molar refractivity (Wildman–Crippen MR) is 84.8 cm³/mol. The molecular weight excluding hydrogens is 250 g/mol. The molecule has 0 saturated heterocycles. The molecule has 0 bridgehead atoms. The van der Waals surface area contributed by atoms with Crippen molar-refractivity contribution in [2.24, 2.45) is 0 Å². The lowest BCUT2D eigenvalue weighted by molar-refractivity contribution is 0.323. The molecule has 1 heterocycles. The van der Waals surface area contributed by atoms with Gasteiger partial charge in [0.15, 0.2) is 0 Å². The second-order valence-electron chi connectivity index (χ2n) is 5.82. The summed E-state index contributed by atoms with van der Waals surface area (Å²) in [6, 6.07) is 6.96. The number of hydrogen-bond donors (Lipinski definition) is 2. The van der Waals surface area contributed by atoms with Crippen LogP contribution in [0, 0.1) is 0 Å². The molecule has 1 unspecified atom stereocenters. The average Bonchev–Trinajstić information content (AvgIpc) is 2.43. The number of fused-ring (bicyclic) bond motifs is 1. The van der Waals surface area contributed by atoms with Crippen LogP contribution in [0.25, 0.3) is 0 Å². The molecule has 0 aromatic heterocycles. The molecule has 0 spiro atoms. The number of rotatable bonds is 7. The van der Waals surface area contributed by atoms with Gasteiger partial charge in [-0.15, -0.1) is 0 Å². The van der Waals surface area contributed by atoms with Gasteiger partial charge in [-0.1, -0.05) is 6.07 Å². The van der Waals surface area contributed by atoms with Crippen LogP contribution in [0.5, 0.6) is 5.75 Å². The van der Waals surface area contributed by atoms with E-state index in [1.807, 2.05) is 0 Å². The first-order valence-electron chi connectivity index (χ1n) is 7.53. The maximum atomic E-state index is 5.60. The van der Waals surface area contributed by atoms with Gasteiger partial charge in [-0.2, -0.15) is 0 Å². The third-order valence-electron chi connectivity index (χ3n) is 3.54. The van der Waals surface area contributed by atoms with E-state index in [0.717, 1.165) is 44.1 Å². The summed E-state index contributed by atoms with van der Waals surface area (Å²) >= 11 is 0. The summed E-state index contributed by atoms with van der Waals surface area (Å²) in [5.41, 5.74) is 2.49. The summed E-state index contributed by atoms with van der Waals surface area (Å²) in [6.07, 6.45) is 2.24. The Hall–Kier alpha value is -1.26. The van der Waals surface area contributed by atoms with Crippen molar-refractivity contribution in [3.05, 3.63) is 23.8 Å². The molecule has 2 rings (SSSR count). The second-order valence-corrected chi connectivity index (χ2v) is 5.82. The van der Waals surface area contributed by atoms with Crippen LogP contribution in [0.1, 0.15) is 18.9 Å². The zero-order chi connectivity index (χ0) is 14.4. The van der Waals surface area contributed by atoms with Gasteiger partial charge in [-0.05, 0) is 64.6 Å². The van der Waals surface area contributed by atoms with E-state index >= 15 is 0 Å². The van der Waals surface area contributed by atoms with Crippen LogP contribution in [0.15, 0.2) is 18.2 Å². The molecular formula is C16H27N3O. The fourth-order valence-electron chi connectivity index (χ4n) is 2.48. The molecule has 4 heteroatoms. The zero-order valence-electron chi connectivity index (χ0n) is 12.9. The van der Waals surface area contributed by atoms with Crippen LogP contribution in [0.2, 0.25) is 0 Å². The summed E-state index contributed by atoms with van der Waals surface area (Å²) < 4.78 is 5.60. The molecule has 1 aromatic carbocycles. The first kappa shape index (κ1) is 15.1. The van der Waals surface area contributed by atoms with Crippen LogP contribution in [0.3, 0.4) is 0 Å². The number of ether oxygens (including phenoxy) is 1. The summed E-state index contributed by atoms with van der Waals surface area (Å²) in [5.74, 6) is 0.978. The van der Waals surface area contributed by atoms with E-state index in [1.165, 1.54) is 12.0 Å². The quantitative estimate of drug-likeness (QED) is 0.747. The highest BCUT2D eigenvalue weighted by Crippen LogP contribution is 2.28. The maximum absolute atomic E-state index is 5.60. The SMILES string of the molecule is CC(Cc1ccc2c(c1)NCCO2)NCCCN(C)C. The topological polar surface area (TPSA) is 36.5 Å². The van der Waals surface area contributed by atoms with Crippen molar-refractivity contribution in [2.75, 3.05) is 45.7 Å². The monoisotopic (exact) mass is 277 g/mol. The van der Waals surface area contributed by atoms with E-state index < -0.39 is 0 Å². The van der Waals surface area contributed by atoms with E-state index in [1.54, 1.807) is 0 Å². The molecule has 0 fully saturated rings. The Morgan fingerprint density at radius 1 is 1.40 bits per heavy atom. The summed E-state index contributed by atoms with van der Waals surface area (Å²) in [4.78, 5) is 2.22. The van der Waals surface area contributed by atoms with Crippen LogP contribution in [-0.4, -0.2) is 51.3 Å². The van der Waals surface area contributed by atoms with Gasteiger partial charge in [0.1, 0.15) is 12.4 Å². The molecule has 4 nitrogen and oxygen atoms in total. The highest BCUT2D eigenvalue weighted by atomic mass is 16.5. The number of nitrogens with one attached hydrogen (secondary N) is 2. The predicted octanol–water partition coefficient (Wildman–Crippen LogP) is 1.96. The van der Waals surface area contributed by atoms with Gasteiger partial charge in [-0.25, -0.2) is 0 Å². The van der Waals surface area contributed by atoms with E-state index in [2.05, 4.69) is 54.8 Å². The first-order valence-corrected chi connectivity index (χ1v) is 7.53. The van der Waals surface area contributed by atoms with Gasteiger partial charge < -0.3 is 20.3 Å². The molecule has 20 heavy (non-hydrogen) atoms. The van der Waals surface area contributed by atoms with Crippen molar-refractivity contribution >= 4 is 5.69 Å². The van der Waals surface area contributed by atoms with Gasteiger partial charge in [-0.3, -0.25) is 0 Å². The normalized spacial score (nSPS) is 15.4. The summed E-state index contributed by atoms with van der Waals surface area (Å²) in [6.45, 7) is 6.12. The van der Waals surface area contributed by atoms with E-state index in [4.69, 9.17) is 4.74 Å². The highest BCUT2D eigenvalue weighted by molar-refractivity contribution is 5.59. The minimum Gasteiger partial charge on any atom is -0.490 e. The Morgan fingerprint density at radius 2 is 2.25 bits per heavy atom. The fraction of sp³-hybridized carbons (Fsp3) is 0.625. The standard InChI is InChI=1S/C16H27N3O/c1-13(17-7-4-9-19(2)3)11-14-5-6-16-15(12-14)18-8-10-20-16/h5-6,12-13,17-18H,4,7-11H2,1-3H3. The van der Waals surface area contributed by atoms with Crippen LogP contribution in [0.4, 0.5) is 5.69 Å². The smallest absolute Gasteiger partial charge is 0.142 e. The molecule has 1 aliphatic heterocycles. The molecule has 1 aliphatic rings. The lowest BCUT2D eigenvalue weighted by Crippen LogP contribution is -2.30. The largest absolute Gasteiger partial charge is 0.490 e. The second kappa shape index (κ2) is 7.50. The fourth-order valence-corrected chi connectivity index (χ4v) is 2.48. The first-order chi connectivity index (χ1) is 9.65. The van der Waals surface area contributed by atoms with Crippen LogP contribution < -0.4 is 15.4 Å². The van der Waals surface area contributed by atoms with Crippen molar-refractivity contribution in [2.45, 2.75) is 25.8 Å². The van der Waals surface area contributed by atoms with Gasteiger partial charge in [0.25, 0.3) is 0 Å². The molecule has 0 aliphatic carbocycles. The third-order valence-corrected chi connectivity index (χ3v) is 3.54. The lowest BCUT2D eigenvalue weighted by atomic mass is 10.1. The molecule has 0 radical (unpaired) electrons. The van der Waals surface area contributed by atoms with Gasteiger partial charge >= 0.3 is 0 Å². The minimum atomic E-state index is 0.500. The van der Waals surface area contributed by atoms with E-state index in [0.29, 0.717) is 6.04 Å². The van der Waals surface area contributed by atoms with E-state index in [-0.39, 0.29) is 0 Å². The number of nitrogens with zero attached hydrogens (tertiary/aromatic N) is 1. The van der Waals surface area contributed by atoms with E-state index in [9.17, 15) is 0 Å². The third kappa shape index (κ3) is 4.69. The Balaban J connectivity index is 1.77. The van der Waals surface area contributed by atoms with Crippen molar-refractivity contribution in [1.29, 1.82) is 0 Å². The molecule has 1 atom stereocenters. The van der Waals surface area contributed by atoms with Crippen molar-refractivity contribution in [1.82, 2.24) is 10.2 Å². The van der Waals surface area contributed by atoms with Crippen LogP contribution >= 0.6 is 0 Å². The van der Waals surface area contributed by atoms with Crippen molar-refractivity contribution < 1.29 is 4.74 Å². The average molecular weight is 277 g/mol. The molecule has 2 N–H and O–H groups in total. The Kier molecular flexibility index (Phi) is 5.68. The molecule has 0 amide bonds. The zero-order valence-corrected chi connectivity index (χ0v) is 12.9.